The highest BCUT2D eigenvalue weighted by Crippen LogP contribution is 2.21. The number of nitrogens with zero attached hydrogens (tertiary/aromatic N) is 1. The molecule has 0 radical (unpaired) electrons. The summed E-state index contributed by atoms with van der Waals surface area (Å²) in [6.45, 7) is 6.11. The van der Waals surface area contributed by atoms with E-state index < -0.39 is 5.60 Å². The molecule has 0 heterocycles. The van der Waals surface area contributed by atoms with E-state index in [1.165, 1.54) is 0 Å². The second kappa shape index (κ2) is 7.13. The van der Waals surface area contributed by atoms with Crippen molar-refractivity contribution in [3.8, 4) is 0 Å². The highest BCUT2D eigenvalue weighted by Gasteiger charge is 2.23. The fourth-order valence-corrected chi connectivity index (χ4v) is 2.61. The van der Waals surface area contributed by atoms with Crippen molar-refractivity contribution in [3.05, 3.63) is 63.7 Å². The average Bonchev–Trinajstić information content (AvgIpc) is 2.44. The number of ether oxygens (including phenoxy) is 1. The van der Waals surface area contributed by atoms with Crippen molar-refractivity contribution in [2.24, 2.45) is 0 Å². The second-order valence-corrected chi connectivity index (χ2v) is 7.28. The lowest BCUT2D eigenvalue weighted by atomic mass is 10.2. The molecule has 2 aromatic carbocycles. The summed E-state index contributed by atoms with van der Waals surface area (Å²) in [5, 5.41) is 0. The monoisotopic (exact) mass is 409 g/mol. The van der Waals surface area contributed by atoms with Crippen LogP contribution in [0.25, 0.3) is 0 Å². The first-order chi connectivity index (χ1) is 10.3. The lowest BCUT2D eigenvalue weighted by Gasteiger charge is -2.27. The number of benzene rings is 2. The van der Waals surface area contributed by atoms with Gasteiger partial charge in [0.05, 0.1) is 6.54 Å². The van der Waals surface area contributed by atoms with Gasteiger partial charge in [0, 0.05) is 9.26 Å². The lowest BCUT2D eigenvalue weighted by molar-refractivity contribution is 0.0577. The Morgan fingerprint density at radius 3 is 2.36 bits per heavy atom. The number of amides is 1. The topological polar surface area (TPSA) is 29.5 Å². The third-order valence-corrected chi connectivity index (χ3v) is 3.58. The van der Waals surface area contributed by atoms with E-state index in [9.17, 15) is 4.79 Å². The van der Waals surface area contributed by atoms with Crippen molar-refractivity contribution >= 4 is 34.4 Å². The maximum Gasteiger partial charge on any atom is 0.415 e. The Balaban J connectivity index is 2.28. The standard InChI is InChI=1S/C18H20INO2/c1-18(2,3)22-17(21)20(16-10-5-4-6-11-16)13-14-8-7-9-15(19)12-14/h4-12H,13H2,1-3H3. The Labute approximate surface area is 145 Å². The second-order valence-electron chi connectivity index (χ2n) is 6.03. The Morgan fingerprint density at radius 2 is 1.77 bits per heavy atom. The van der Waals surface area contributed by atoms with Crippen LogP contribution < -0.4 is 4.90 Å². The zero-order chi connectivity index (χ0) is 16.2. The van der Waals surface area contributed by atoms with Gasteiger partial charge in [0.25, 0.3) is 0 Å². The van der Waals surface area contributed by atoms with Gasteiger partial charge in [-0.3, -0.25) is 4.90 Å². The van der Waals surface area contributed by atoms with Crippen LogP contribution in [0.2, 0.25) is 0 Å². The summed E-state index contributed by atoms with van der Waals surface area (Å²) < 4.78 is 6.69. The normalized spacial score (nSPS) is 11.1. The number of para-hydroxylation sites is 1. The molecule has 0 bridgehead atoms. The first kappa shape index (κ1) is 16.8. The number of hydrogen-bond donors (Lipinski definition) is 0. The van der Waals surface area contributed by atoms with Crippen LogP contribution >= 0.6 is 22.6 Å². The summed E-state index contributed by atoms with van der Waals surface area (Å²) >= 11 is 2.27. The molecule has 0 aliphatic carbocycles. The summed E-state index contributed by atoms with van der Waals surface area (Å²) in [6, 6.07) is 17.7. The van der Waals surface area contributed by atoms with E-state index in [2.05, 4.69) is 28.7 Å². The first-order valence-electron chi connectivity index (χ1n) is 7.15. The van der Waals surface area contributed by atoms with E-state index in [0.717, 1.165) is 14.8 Å². The van der Waals surface area contributed by atoms with Crippen molar-refractivity contribution in [2.45, 2.75) is 32.9 Å². The van der Waals surface area contributed by atoms with Crippen molar-refractivity contribution in [1.82, 2.24) is 0 Å². The number of hydrogen-bond acceptors (Lipinski definition) is 2. The number of halogens is 1. The van der Waals surface area contributed by atoms with Crippen LogP contribution in [-0.2, 0) is 11.3 Å². The molecule has 0 saturated heterocycles. The molecule has 116 valence electrons. The summed E-state index contributed by atoms with van der Waals surface area (Å²) in [5.41, 5.74) is 1.38. The maximum absolute atomic E-state index is 12.6. The van der Waals surface area contributed by atoms with Crippen LogP contribution in [0.3, 0.4) is 0 Å². The zero-order valence-electron chi connectivity index (χ0n) is 13.0. The van der Waals surface area contributed by atoms with Gasteiger partial charge in [-0.2, -0.15) is 0 Å². The molecule has 0 fully saturated rings. The highest BCUT2D eigenvalue weighted by molar-refractivity contribution is 14.1. The van der Waals surface area contributed by atoms with E-state index in [1.807, 2.05) is 69.3 Å². The quantitative estimate of drug-likeness (QED) is 0.650. The third-order valence-electron chi connectivity index (χ3n) is 2.91. The fourth-order valence-electron chi connectivity index (χ4n) is 2.00. The summed E-state index contributed by atoms with van der Waals surface area (Å²) in [7, 11) is 0. The SMILES string of the molecule is CC(C)(C)OC(=O)N(Cc1cccc(I)c1)c1ccccc1. The number of anilines is 1. The first-order valence-corrected chi connectivity index (χ1v) is 8.23. The van der Waals surface area contributed by atoms with Gasteiger partial charge in [0.1, 0.15) is 5.60 Å². The smallest absolute Gasteiger partial charge is 0.415 e. The highest BCUT2D eigenvalue weighted by atomic mass is 127. The van der Waals surface area contributed by atoms with Gasteiger partial charge < -0.3 is 4.74 Å². The molecule has 0 saturated carbocycles. The molecule has 0 aromatic heterocycles. The number of rotatable bonds is 3. The molecule has 0 spiro atoms. The van der Waals surface area contributed by atoms with Crippen molar-refractivity contribution in [3.63, 3.8) is 0 Å². The van der Waals surface area contributed by atoms with E-state index >= 15 is 0 Å². The molecule has 1 amide bonds. The molecule has 22 heavy (non-hydrogen) atoms. The Morgan fingerprint density at radius 1 is 1.09 bits per heavy atom. The molecule has 0 atom stereocenters. The van der Waals surface area contributed by atoms with Crippen LogP contribution in [0, 0.1) is 3.57 Å². The molecule has 4 heteroatoms. The Bertz CT molecular complexity index is 635. The molecule has 0 aliphatic rings. The predicted molar refractivity (Wildman–Crippen MR) is 98.0 cm³/mol. The summed E-state index contributed by atoms with van der Waals surface area (Å²) in [4.78, 5) is 14.2. The van der Waals surface area contributed by atoms with E-state index in [-0.39, 0.29) is 6.09 Å². The van der Waals surface area contributed by atoms with E-state index in [1.54, 1.807) is 4.90 Å². The third kappa shape index (κ3) is 5.02. The van der Waals surface area contributed by atoms with Gasteiger partial charge in [-0.15, -0.1) is 0 Å². The number of carbonyl (C=O) groups excluding carboxylic acids is 1. The van der Waals surface area contributed by atoms with Crippen LogP contribution in [0.5, 0.6) is 0 Å². The van der Waals surface area contributed by atoms with Crippen LogP contribution in [0.15, 0.2) is 54.6 Å². The molecule has 0 N–H and O–H groups in total. The van der Waals surface area contributed by atoms with Gasteiger partial charge in [-0.05, 0) is 73.2 Å². The largest absolute Gasteiger partial charge is 0.443 e. The fraction of sp³-hybridized carbons (Fsp3) is 0.278. The van der Waals surface area contributed by atoms with E-state index in [4.69, 9.17) is 4.74 Å². The molecule has 0 aliphatic heterocycles. The number of carbonyl (C=O) groups is 1. The van der Waals surface area contributed by atoms with Gasteiger partial charge in [-0.1, -0.05) is 30.3 Å². The Hall–Kier alpha value is -1.56. The molecular weight excluding hydrogens is 389 g/mol. The summed E-state index contributed by atoms with van der Waals surface area (Å²) in [6.07, 6.45) is -0.336. The molecular formula is C18H20INO2. The zero-order valence-corrected chi connectivity index (χ0v) is 15.2. The van der Waals surface area contributed by atoms with Gasteiger partial charge in [0.15, 0.2) is 0 Å². The van der Waals surface area contributed by atoms with Crippen molar-refractivity contribution in [2.75, 3.05) is 4.90 Å². The van der Waals surface area contributed by atoms with Crippen LogP contribution in [0.4, 0.5) is 10.5 Å². The van der Waals surface area contributed by atoms with Crippen LogP contribution in [-0.4, -0.2) is 11.7 Å². The van der Waals surface area contributed by atoms with Gasteiger partial charge >= 0.3 is 6.09 Å². The van der Waals surface area contributed by atoms with Gasteiger partial charge in [-0.25, -0.2) is 4.79 Å². The minimum absolute atomic E-state index is 0.336. The molecule has 2 aromatic rings. The lowest BCUT2D eigenvalue weighted by Crippen LogP contribution is -2.36. The Kier molecular flexibility index (Phi) is 5.45. The summed E-state index contributed by atoms with van der Waals surface area (Å²) in [5.74, 6) is 0. The predicted octanol–water partition coefficient (Wildman–Crippen LogP) is 5.23. The minimum Gasteiger partial charge on any atom is -0.443 e. The molecule has 2 rings (SSSR count). The van der Waals surface area contributed by atoms with Crippen molar-refractivity contribution < 1.29 is 9.53 Å². The van der Waals surface area contributed by atoms with Crippen molar-refractivity contribution in [1.29, 1.82) is 0 Å². The molecule has 3 nitrogen and oxygen atoms in total. The minimum atomic E-state index is -0.519. The molecule has 0 unspecified atom stereocenters. The van der Waals surface area contributed by atoms with E-state index in [0.29, 0.717) is 6.54 Å². The average molecular weight is 409 g/mol. The van der Waals surface area contributed by atoms with Gasteiger partial charge in [0.2, 0.25) is 0 Å². The van der Waals surface area contributed by atoms with Crippen LogP contribution in [0.1, 0.15) is 26.3 Å². The maximum atomic E-state index is 12.6.